The second-order valence-corrected chi connectivity index (χ2v) is 6.72. The van der Waals surface area contributed by atoms with Crippen molar-refractivity contribution >= 4 is 15.9 Å². The zero-order chi connectivity index (χ0) is 13.3. The number of benzene rings is 1. The molecule has 0 saturated heterocycles. The van der Waals surface area contributed by atoms with Gasteiger partial charge in [-0.3, -0.25) is 0 Å². The Bertz CT molecular complexity index is 479. The van der Waals surface area contributed by atoms with Crippen LogP contribution in [0.4, 0.5) is 4.39 Å². The van der Waals surface area contributed by atoms with E-state index in [0.717, 1.165) is 24.8 Å². The number of aliphatic hydroxyl groups excluding tert-OH is 1. The molecule has 0 fully saturated rings. The van der Waals surface area contributed by atoms with Gasteiger partial charge < -0.3 is 5.11 Å². The topological polar surface area (TPSA) is 20.2 Å². The zero-order valence-corrected chi connectivity index (χ0v) is 12.3. The molecule has 1 nitrogen and oxygen atoms in total. The van der Waals surface area contributed by atoms with Gasteiger partial charge in [0, 0.05) is 0 Å². The fourth-order valence-corrected chi connectivity index (χ4v) is 3.10. The molecule has 1 aromatic carbocycles. The SMILES string of the molecule is CC1(C)CC(Cc2ccc(F)c(Br)c2)=CC(O)C1. The Balaban J connectivity index is 2.16. The van der Waals surface area contributed by atoms with Crippen LogP contribution in [0.15, 0.2) is 34.3 Å². The van der Waals surface area contributed by atoms with Gasteiger partial charge in [-0.2, -0.15) is 0 Å². The summed E-state index contributed by atoms with van der Waals surface area (Å²) in [4.78, 5) is 0. The number of aliphatic hydroxyl groups is 1. The van der Waals surface area contributed by atoms with Crippen LogP contribution in [0.1, 0.15) is 32.3 Å². The minimum atomic E-state index is -0.354. The van der Waals surface area contributed by atoms with E-state index >= 15 is 0 Å². The van der Waals surface area contributed by atoms with Crippen molar-refractivity contribution in [2.75, 3.05) is 0 Å². The summed E-state index contributed by atoms with van der Waals surface area (Å²) in [5.41, 5.74) is 2.44. The van der Waals surface area contributed by atoms with Crippen LogP contribution in [-0.4, -0.2) is 11.2 Å². The standard InChI is InChI=1S/C15H18BrFO/c1-15(2)8-11(6-12(18)9-15)5-10-3-4-14(17)13(16)7-10/h3-4,6-7,12,18H,5,8-9H2,1-2H3. The van der Waals surface area contributed by atoms with Gasteiger partial charge in [-0.1, -0.05) is 31.6 Å². The van der Waals surface area contributed by atoms with Crippen molar-refractivity contribution in [3.8, 4) is 0 Å². The van der Waals surface area contributed by atoms with Gasteiger partial charge in [-0.15, -0.1) is 0 Å². The first-order chi connectivity index (χ1) is 8.35. The van der Waals surface area contributed by atoms with Gasteiger partial charge in [0.15, 0.2) is 0 Å². The Morgan fingerprint density at radius 1 is 1.44 bits per heavy atom. The Kier molecular flexibility index (Phi) is 3.93. The molecule has 0 amide bonds. The summed E-state index contributed by atoms with van der Waals surface area (Å²) in [6.07, 6.45) is 4.16. The number of hydrogen-bond donors (Lipinski definition) is 1. The van der Waals surface area contributed by atoms with Crippen LogP contribution < -0.4 is 0 Å². The molecule has 0 bridgehead atoms. The highest BCUT2D eigenvalue weighted by molar-refractivity contribution is 9.10. The number of rotatable bonds is 2. The molecule has 1 aromatic rings. The van der Waals surface area contributed by atoms with Crippen molar-refractivity contribution < 1.29 is 9.50 Å². The number of hydrogen-bond acceptors (Lipinski definition) is 1. The molecular weight excluding hydrogens is 295 g/mol. The fourth-order valence-electron chi connectivity index (χ4n) is 2.68. The highest BCUT2D eigenvalue weighted by Crippen LogP contribution is 2.36. The second-order valence-electron chi connectivity index (χ2n) is 5.86. The first-order valence-electron chi connectivity index (χ1n) is 6.17. The van der Waals surface area contributed by atoms with E-state index in [-0.39, 0.29) is 17.3 Å². The van der Waals surface area contributed by atoms with E-state index in [1.807, 2.05) is 12.1 Å². The van der Waals surface area contributed by atoms with E-state index in [9.17, 15) is 9.50 Å². The summed E-state index contributed by atoms with van der Waals surface area (Å²) in [7, 11) is 0. The first-order valence-corrected chi connectivity index (χ1v) is 6.97. The molecule has 3 heteroatoms. The molecule has 1 aliphatic rings. The average Bonchev–Trinajstić information content (AvgIpc) is 2.20. The lowest BCUT2D eigenvalue weighted by molar-refractivity contribution is 0.138. The average molecular weight is 313 g/mol. The summed E-state index contributed by atoms with van der Waals surface area (Å²) >= 11 is 3.20. The van der Waals surface area contributed by atoms with Crippen molar-refractivity contribution in [1.82, 2.24) is 0 Å². The van der Waals surface area contributed by atoms with E-state index < -0.39 is 0 Å². The Morgan fingerprint density at radius 2 is 2.17 bits per heavy atom. The monoisotopic (exact) mass is 312 g/mol. The van der Waals surface area contributed by atoms with E-state index in [4.69, 9.17) is 0 Å². The van der Waals surface area contributed by atoms with Crippen LogP contribution >= 0.6 is 15.9 Å². The quantitative estimate of drug-likeness (QED) is 0.810. The van der Waals surface area contributed by atoms with Gasteiger partial charge in [0.1, 0.15) is 5.82 Å². The molecule has 0 spiro atoms. The maximum Gasteiger partial charge on any atom is 0.137 e. The summed E-state index contributed by atoms with van der Waals surface area (Å²) < 4.78 is 13.7. The van der Waals surface area contributed by atoms with Crippen molar-refractivity contribution in [1.29, 1.82) is 0 Å². The minimum Gasteiger partial charge on any atom is -0.389 e. The van der Waals surface area contributed by atoms with Crippen LogP contribution in [0.5, 0.6) is 0 Å². The first kappa shape index (κ1) is 13.8. The smallest absolute Gasteiger partial charge is 0.137 e. The molecule has 0 aromatic heterocycles. The highest BCUT2D eigenvalue weighted by Gasteiger charge is 2.27. The summed E-state index contributed by atoms with van der Waals surface area (Å²) in [6, 6.07) is 5.09. The predicted octanol–water partition coefficient (Wildman–Crippen LogP) is 4.24. The van der Waals surface area contributed by atoms with E-state index in [1.165, 1.54) is 11.6 Å². The maximum atomic E-state index is 13.2. The van der Waals surface area contributed by atoms with Crippen LogP contribution in [-0.2, 0) is 6.42 Å². The minimum absolute atomic E-state index is 0.140. The third-order valence-corrected chi connectivity index (χ3v) is 3.92. The Hall–Kier alpha value is -0.670. The molecule has 0 saturated carbocycles. The Morgan fingerprint density at radius 3 is 2.78 bits per heavy atom. The largest absolute Gasteiger partial charge is 0.389 e. The van der Waals surface area contributed by atoms with Gasteiger partial charge in [-0.05, 0) is 58.3 Å². The van der Waals surface area contributed by atoms with Crippen LogP contribution in [0.2, 0.25) is 0 Å². The Labute approximate surface area is 116 Å². The summed E-state index contributed by atoms with van der Waals surface area (Å²) in [6.45, 7) is 4.34. The molecule has 1 unspecified atom stereocenters. The van der Waals surface area contributed by atoms with Crippen LogP contribution in [0, 0.1) is 11.2 Å². The summed E-state index contributed by atoms with van der Waals surface area (Å²) in [5, 5.41) is 9.85. The molecule has 0 heterocycles. The molecule has 1 N–H and O–H groups in total. The van der Waals surface area contributed by atoms with E-state index in [1.54, 1.807) is 6.07 Å². The number of allylic oxidation sites excluding steroid dienone is 1. The second kappa shape index (κ2) is 5.14. The van der Waals surface area contributed by atoms with Gasteiger partial charge >= 0.3 is 0 Å². The predicted molar refractivity (Wildman–Crippen MR) is 74.9 cm³/mol. The lowest BCUT2D eigenvalue weighted by Crippen LogP contribution is -2.25. The molecule has 98 valence electrons. The van der Waals surface area contributed by atoms with Crippen LogP contribution in [0.3, 0.4) is 0 Å². The van der Waals surface area contributed by atoms with E-state index in [2.05, 4.69) is 29.8 Å². The van der Waals surface area contributed by atoms with Crippen molar-refractivity contribution in [3.05, 3.63) is 45.7 Å². The van der Waals surface area contributed by atoms with Gasteiger partial charge in [-0.25, -0.2) is 4.39 Å². The third kappa shape index (κ3) is 3.42. The molecule has 0 radical (unpaired) electrons. The van der Waals surface area contributed by atoms with E-state index in [0.29, 0.717) is 4.47 Å². The molecule has 18 heavy (non-hydrogen) atoms. The number of halogens is 2. The van der Waals surface area contributed by atoms with Crippen molar-refractivity contribution in [3.63, 3.8) is 0 Å². The van der Waals surface area contributed by atoms with Gasteiger partial charge in [0.05, 0.1) is 10.6 Å². The lowest BCUT2D eigenvalue weighted by Gasteiger charge is -2.32. The third-order valence-electron chi connectivity index (χ3n) is 3.31. The summed E-state index contributed by atoms with van der Waals surface area (Å²) in [5.74, 6) is -0.239. The fraction of sp³-hybridized carbons (Fsp3) is 0.467. The van der Waals surface area contributed by atoms with Crippen molar-refractivity contribution in [2.24, 2.45) is 5.41 Å². The maximum absolute atomic E-state index is 13.2. The highest BCUT2D eigenvalue weighted by atomic mass is 79.9. The van der Waals surface area contributed by atoms with Crippen molar-refractivity contribution in [2.45, 2.75) is 39.2 Å². The molecular formula is C15H18BrFO. The van der Waals surface area contributed by atoms with Gasteiger partial charge in [0.2, 0.25) is 0 Å². The van der Waals surface area contributed by atoms with Crippen LogP contribution in [0.25, 0.3) is 0 Å². The molecule has 1 atom stereocenters. The molecule has 2 rings (SSSR count). The molecule has 1 aliphatic carbocycles. The van der Waals surface area contributed by atoms with Gasteiger partial charge in [0.25, 0.3) is 0 Å². The normalized spacial score (nSPS) is 22.7. The lowest BCUT2D eigenvalue weighted by atomic mass is 9.75. The zero-order valence-electron chi connectivity index (χ0n) is 10.7. The molecule has 0 aliphatic heterocycles.